The third-order valence-electron chi connectivity index (χ3n) is 13.6. The summed E-state index contributed by atoms with van der Waals surface area (Å²) in [4.78, 5) is 15.9. The maximum atomic E-state index is 6.56. The Hall–Kier alpha value is -6.98. The summed E-state index contributed by atoms with van der Waals surface area (Å²) in [7, 11) is 0. The van der Waals surface area contributed by atoms with Crippen molar-refractivity contribution in [1.82, 2.24) is 14.9 Å². The van der Waals surface area contributed by atoms with Crippen molar-refractivity contribution in [1.29, 1.82) is 0 Å². The number of fused-ring (bicyclic) bond motifs is 11. The number of anilines is 2. The lowest BCUT2D eigenvalue weighted by molar-refractivity contribution is 0.244. The van der Waals surface area contributed by atoms with E-state index in [1.165, 1.54) is 39.1 Å². The number of allylic oxidation sites excluding steroid dienone is 7. The summed E-state index contributed by atoms with van der Waals surface area (Å²) >= 11 is 0. The molecular weight excluding hydrogens is 721 g/mol. The molecule has 0 fully saturated rings. The Labute approximate surface area is 343 Å². The zero-order valence-corrected chi connectivity index (χ0v) is 32.4. The summed E-state index contributed by atoms with van der Waals surface area (Å²) in [6, 6.07) is 41.7. The van der Waals surface area contributed by atoms with Crippen LogP contribution in [-0.2, 0) is 6.42 Å². The van der Waals surface area contributed by atoms with Crippen LogP contribution in [0.4, 0.5) is 11.6 Å². The van der Waals surface area contributed by atoms with E-state index in [2.05, 4.69) is 174 Å². The minimum atomic E-state index is 0.0284. The van der Waals surface area contributed by atoms with Crippen molar-refractivity contribution >= 4 is 50.1 Å². The van der Waals surface area contributed by atoms with Gasteiger partial charge in [0.1, 0.15) is 11.2 Å². The largest absolute Gasteiger partial charge is 0.455 e. The Kier molecular flexibility index (Phi) is 7.15. The van der Waals surface area contributed by atoms with Crippen LogP contribution in [-0.4, -0.2) is 33.0 Å². The van der Waals surface area contributed by atoms with Crippen molar-refractivity contribution in [3.63, 3.8) is 0 Å². The number of aryl methyl sites for hydroxylation is 1. The van der Waals surface area contributed by atoms with Crippen LogP contribution in [0.15, 0.2) is 197 Å². The summed E-state index contributed by atoms with van der Waals surface area (Å²) < 4.78 is 6.56. The first-order valence-corrected chi connectivity index (χ1v) is 21.1. The van der Waals surface area contributed by atoms with E-state index < -0.39 is 0 Å². The molecule has 59 heavy (non-hydrogen) atoms. The number of rotatable bonds is 4. The zero-order chi connectivity index (χ0) is 38.6. The van der Waals surface area contributed by atoms with Gasteiger partial charge in [-0.25, -0.2) is 9.97 Å². The van der Waals surface area contributed by atoms with Crippen molar-refractivity contribution in [3.8, 4) is 11.3 Å². The fourth-order valence-corrected chi connectivity index (χ4v) is 11.0. The topological polar surface area (TPSA) is 45.4 Å². The van der Waals surface area contributed by atoms with Crippen molar-refractivity contribution < 1.29 is 4.42 Å². The molecule has 2 aliphatic heterocycles. The smallest absolute Gasteiger partial charge is 0.231 e. The maximum absolute atomic E-state index is 6.56. The highest BCUT2D eigenvalue weighted by Gasteiger charge is 2.45. The molecule has 13 rings (SSSR count). The molecule has 0 spiro atoms. The molecule has 2 aromatic heterocycles. The first-order valence-electron chi connectivity index (χ1n) is 21.1. The van der Waals surface area contributed by atoms with E-state index in [0.29, 0.717) is 23.9 Å². The molecule has 6 aliphatic rings. The van der Waals surface area contributed by atoms with Gasteiger partial charge in [-0.1, -0.05) is 152 Å². The molecule has 5 nitrogen and oxygen atoms in total. The average molecular weight is 761 g/mol. The number of furan rings is 1. The zero-order valence-electron chi connectivity index (χ0n) is 32.4. The highest BCUT2D eigenvalue weighted by Crippen LogP contribution is 2.53. The van der Waals surface area contributed by atoms with Crippen LogP contribution >= 0.6 is 0 Å². The van der Waals surface area contributed by atoms with E-state index in [1.807, 2.05) is 12.1 Å². The molecule has 7 aromatic rings. The van der Waals surface area contributed by atoms with Gasteiger partial charge < -0.3 is 14.2 Å². The van der Waals surface area contributed by atoms with E-state index in [4.69, 9.17) is 14.4 Å². The molecule has 0 radical (unpaired) electrons. The van der Waals surface area contributed by atoms with Crippen molar-refractivity contribution in [2.45, 2.75) is 43.3 Å². The Balaban J connectivity index is 0.903. The fraction of sp³-hybridized carbons (Fsp3) is 0.148. The monoisotopic (exact) mass is 760 g/mol. The van der Waals surface area contributed by atoms with Gasteiger partial charge in [0.05, 0.1) is 29.3 Å². The molecule has 0 bridgehead atoms. The van der Waals surface area contributed by atoms with Gasteiger partial charge in [0.2, 0.25) is 5.95 Å². The highest BCUT2D eigenvalue weighted by atomic mass is 16.3. The van der Waals surface area contributed by atoms with Crippen LogP contribution in [0.3, 0.4) is 0 Å². The third-order valence-corrected chi connectivity index (χ3v) is 13.6. The Morgan fingerprint density at radius 3 is 2.29 bits per heavy atom. The van der Waals surface area contributed by atoms with Gasteiger partial charge in [0, 0.05) is 44.9 Å². The van der Waals surface area contributed by atoms with Crippen molar-refractivity contribution in [3.05, 3.63) is 210 Å². The number of hydrogen-bond acceptors (Lipinski definition) is 5. The minimum absolute atomic E-state index is 0.0284. The Bertz CT molecular complexity index is 3150. The quantitative estimate of drug-likeness (QED) is 0.179. The summed E-state index contributed by atoms with van der Waals surface area (Å²) in [6.45, 7) is 0. The molecule has 282 valence electrons. The average Bonchev–Trinajstić information content (AvgIpc) is 3.96. The summed E-state index contributed by atoms with van der Waals surface area (Å²) in [6.07, 6.45) is 27.1. The maximum Gasteiger partial charge on any atom is 0.231 e. The molecule has 0 N–H and O–H groups in total. The van der Waals surface area contributed by atoms with E-state index in [0.717, 1.165) is 69.0 Å². The second-order valence-corrected chi connectivity index (χ2v) is 16.6. The molecule has 0 saturated heterocycles. The van der Waals surface area contributed by atoms with E-state index >= 15 is 0 Å². The highest BCUT2D eigenvalue weighted by molar-refractivity contribution is 6.11. The second kappa shape index (κ2) is 12.8. The molecule has 4 heterocycles. The van der Waals surface area contributed by atoms with Gasteiger partial charge in [-0.2, -0.15) is 0 Å². The predicted molar refractivity (Wildman–Crippen MR) is 239 cm³/mol. The molecule has 5 aromatic carbocycles. The van der Waals surface area contributed by atoms with Crippen LogP contribution in [0.5, 0.6) is 0 Å². The first-order chi connectivity index (χ1) is 29.3. The number of hydrogen-bond donors (Lipinski definition) is 0. The molecule has 5 heteroatoms. The van der Waals surface area contributed by atoms with E-state index in [1.54, 1.807) is 0 Å². The minimum Gasteiger partial charge on any atom is -0.455 e. The van der Waals surface area contributed by atoms with Crippen LogP contribution in [0.2, 0.25) is 0 Å². The van der Waals surface area contributed by atoms with E-state index in [-0.39, 0.29) is 12.0 Å². The van der Waals surface area contributed by atoms with Gasteiger partial charge in [0.25, 0.3) is 0 Å². The number of para-hydroxylation sites is 4. The fourth-order valence-electron chi connectivity index (χ4n) is 11.0. The molecule has 5 unspecified atom stereocenters. The number of benzene rings is 5. The van der Waals surface area contributed by atoms with Gasteiger partial charge in [-0.15, -0.1) is 0 Å². The SMILES string of the molecule is C1=CCC(N2C3=C(c4ccccc4CC3)C3C=C(C4=CC5c6ccccc6N(c6nc(-c7cccc8c7oc7ccccc78)c7ccccc7n6)C5C=C4)C=CC32)C=C1. The van der Waals surface area contributed by atoms with Crippen LogP contribution in [0.1, 0.15) is 35.4 Å². The van der Waals surface area contributed by atoms with Crippen LogP contribution in [0.25, 0.3) is 49.7 Å². The van der Waals surface area contributed by atoms with Crippen molar-refractivity contribution in [2.75, 3.05) is 4.90 Å². The number of nitrogens with zero attached hydrogens (tertiary/aromatic N) is 4. The van der Waals surface area contributed by atoms with Crippen LogP contribution in [0, 0.1) is 5.92 Å². The molecule has 0 amide bonds. The van der Waals surface area contributed by atoms with Crippen molar-refractivity contribution in [2.24, 2.45) is 5.92 Å². The Morgan fingerprint density at radius 2 is 1.37 bits per heavy atom. The molecule has 4 aliphatic carbocycles. The Morgan fingerprint density at radius 1 is 0.610 bits per heavy atom. The molecule has 5 atom stereocenters. The van der Waals surface area contributed by atoms with Gasteiger partial charge in [-0.05, 0) is 76.9 Å². The number of aromatic nitrogens is 2. The lowest BCUT2D eigenvalue weighted by Crippen LogP contribution is -2.40. The second-order valence-electron chi connectivity index (χ2n) is 16.6. The normalized spacial score (nSPS) is 23.7. The first kappa shape index (κ1) is 33.0. The van der Waals surface area contributed by atoms with E-state index in [9.17, 15) is 0 Å². The van der Waals surface area contributed by atoms with Crippen LogP contribution < -0.4 is 4.90 Å². The van der Waals surface area contributed by atoms with Gasteiger partial charge >= 0.3 is 0 Å². The van der Waals surface area contributed by atoms with Gasteiger partial charge in [0.15, 0.2) is 0 Å². The predicted octanol–water partition coefficient (Wildman–Crippen LogP) is 12.3. The summed E-state index contributed by atoms with van der Waals surface area (Å²) in [5.41, 5.74) is 15.5. The molecule has 0 saturated carbocycles. The van der Waals surface area contributed by atoms with Gasteiger partial charge in [-0.3, -0.25) is 0 Å². The summed E-state index contributed by atoms with van der Waals surface area (Å²) in [5, 5.41) is 3.20. The molecular formula is C54H40N4O. The lowest BCUT2D eigenvalue weighted by Gasteiger charge is -2.37. The summed E-state index contributed by atoms with van der Waals surface area (Å²) in [5.74, 6) is 1.13. The standard InChI is InChI=1S/C54H40N4O/c1-2-14-36(15-3-1)57-48-29-27-35(32-44(48)51-37-16-5-4-13-33(37)25-30-49(51)57)34-26-28-47-43(31-34)38-17-7-10-23-46(38)58(47)54-55-45-22-9-6-19-41(45)52(56-54)42-21-12-20-40-39-18-8-11-24-50(39)59-53(40)42/h1-14,16-24,26-29,31-32,36,43-44,47-48H,15,25,30H2. The third kappa shape index (κ3) is 4.91. The lowest BCUT2D eigenvalue weighted by atomic mass is 9.78.